The van der Waals surface area contributed by atoms with Gasteiger partial charge in [0.15, 0.2) is 6.10 Å². The number of hydrogen-bond acceptors (Lipinski definition) is 10. The fourth-order valence-corrected chi connectivity index (χ4v) is 6.60. The number of aliphatic carboxylic acids is 1. The normalized spacial score (nSPS) is 13.6. The van der Waals surface area contributed by atoms with E-state index in [1.54, 1.807) is 0 Å². The van der Waals surface area contributed by atoms with Crippen molar-refractivity contribution in [2.24, 2.45) is 0 Å². The van der Waals surface area contributed by atoms with Crippen LogP contribution in [0.5, 0.6) is 0 Å². The van der Waals surface area contributed by atoms with E-state index in [0.717, 1.165) is 38.5 Å². The molecule has 0 heterocycles. The standard InChI is InChI=1S/C38H73O11P.Na/c1-3-5-7-9-11-13-15-17-19-21-23-25-27-29-36(40)46-32-34(33-47-50(44,45)49-35(31-39)38(42)43)48-37(41)30-28-26-24-22-20-18-16-14-12-10-8-6-4-2;/h34-35,39H,3-33H2,1-2H3,(H,42,43)(H,44,45);/q;+1/p-1/t34-,35?;/m1./s1. The molecule has 0 bridgehead atoms. The predicted molar refractivity (Wildman–Crippen MR) is 194 cm³/mol. The molecule has 0 aliphatic rings. The van der Waals surface area contributed by atoms with Gasteiger partial charge in [0.2, 0.25) is 0 Å². The minimum atomic E-state index is -4.97. The molecule has 0 rings (SSSR count). The first kappa shape index (κ1) is 52.6. The van der Waals surface area contributed by atoms with Crippen molar-refractivity contribution in [1.82, 2.24) is 0 Å². The summed E-state index contributed by atoms with van der Waals surface area (Å²) in [4.78, 5) is 45.8. The summed E-state index contributed by atoms with van der Waals surface area (Å²) >= 11 is 0. The first-order valence-corrected chi connectivity index (χ1v) is 21.5. The van der Waals surface area contributed by atoms with Crippen LogP contribution in [0.1, 0.15) is 194 Å². The van der Waals surface area contributed by atoms with Crippen molar-refractivity contribution in [1.29, 1.82) is 0 Å². The van der Waals surface area contributed by atoms with Gasteiger partial charge in [-0.05, 0) is 12.8 Å². The number of phosphoric acid groups is 1. The second-order valence-corrected chi connectivity index (χ2v) is 15.0. The van der Waals surface area contributed by atoms with Crippen molar-refractivity contribution in [3.05, 3.63) is 0 Å². The molecule has 0 aromatic rings. The molecule has 0 aromatic carbocycles. The van der Waals surface area contributed by atoms with Gasteiger partial charge in [-0.1, -0.05) is 168 Å². The molecular formula is C38H72NaO11P. The van der Waals surface area contributed by atoms with Crippen LogP contribution in [0.3, 0.4) is 0 Å². The van der Waals surface area contributed by atoms with Crippen molar-refractivity contribution in [3.8, 4) is 0 Å². The Morgan fingerprint density at radius 2 is 0.941 bits per heavy atom. The molecule has 0 saturated heterocycles. The van der Waals surface area contributed by atoms with E-state index in [1.807, 2.05) is 0 Å². The molecule has 0 aliphatic heterocycles. The first-order valence-electron chi connectivity index (χ1n) is 20.0. The second-order valence-electron chi connectivity index (χ2n) is 13.6. The van der Waals surface area contributed by atoms with E-state index in [9.17, 15) is 28.9 Å². The third-order valence-corrected chi connectivity index (χ3v) is 9.81. The maximum Gasteiger partial charge on any atom is 1.00 e. The molecule has 0 saturated carbocycles. The van der Waals surface area contributed by atoms with Gasteiger partial charge in [0.25, 0.3) is 0 Å². The number of aliphatic hydroxyl groups is 1. The molecule has 13 heteroatoms. The largest absolute Gasteiger partial charge is 1.00 e. The summed E-state index contributed by atoms with van der Waals surface area (Å²) in [6.45, 7) is 2.27. The average Bonchev–Trinajstić information content (AvgIpc) is 3.08. The van der Waals surface area contributed by atoms with Crippen LogP contribution in [0.25, 0.3) is 0 Å². The summed E-state index contributed by atoms with van der Waals surface area (Å²) in [6, 6.07) is 0. The maximum atomic E-state index is 12.5. The summed E-state index contributed by atoms with van der Waals surface area (Å²) < 4.78 is 32.2. The quantitative estimate of drug-likeness (QED) is 0.0345. The molecule has 0 fully saturated rings. The number of carbonyl (C=O) groups is 3. The van der Waals surface area contributed by atoms with Crippen molar-refractivity contribution < 1.29 is 82.1 Å². The molecule has 51 heavy (non-hydrogen) atoms. The van der Waals surface area contributed by atoms with Crippen molar-refractivity contribution >= 4 is 25.7 Å². The number of rotatable bonds is 38. The van der Waals surface area contributed by atoms with E-state index in [0.29, 0.717) is 12.8 Å². The molecule has 296 valence electrons. The smallest absolute Gasteiger partial charge is 0.547 e. The number of carboxylic acid groups (broad SMARTS) is 1. The summed E-state index contributed by atoms with van der Waals surface area (Å²) in [6.07, 6.45) is 27.6. The van der Waals surface area contributed by atoms with Gasteiger partial charge in [0.05, 0.1) is 19.2 Å². The third kappa shape index (κ3) is 36.2. The van der Waals surface area contributed by atoms with Crippen LogP contribution < -0.4 is 34.7 Å². The Bertz CT molecular complexity index is 877. The number of carbonyl (C=O) groups excluding carboxylic acids is 3. The Kier molecular flexibility index (Phi) is 39.0. The zero-order valence-corrected chi connectivity index (χ0v) is 35.5. The predicted octanol–water partition coefficient (Wildman–Crippen LogP) is 5.65. The topological polar surface area (TPSA) is 169 Å². The van der Waals surface area contributed by atoms with Crippen LogP contribution >= 0.6 is 7.82 Å². The molecule has 0 amide bonds. The minimum Gasteiger partial charge on any atom is -0.547 e. The SMILES string of the molecule is CCCCCCCCCCCCCCCC(=O)OC[C@H](COP(=O)(O)OC(CO)C(=O)[O-])OC(=O)CCCCCCCCCCCCCCC.[Na+]. The van der Waals surface area contributed by atoms with E-state index in [-0.39, 0.29) is 42.4 Å². The van der Waals surface area contributed by atoms with Gasteiger partial charge in [0, 0.05) is 12.8 Å². The van der Waals surface area contributed by atoms with E-state index in [2.05, 4.69) is 18.4 Å². The van der Waals surface area contributed by atoms with Crippen LogP contribution in [0.15, 0.2) is 0 Å². The Hall–Kier alpha value is -0.520. The zero-order valence-electron chi connectivity index (χ0n) is 32.6. The van der Waals surface area contributed by atoms with Gasteiger partial charge in [-0.2, -0.15) is 0 Å². The van der Waals surface area contributed by atoms with Crippen molar-refractivity contribution in [2.75, 3.05) is 19.8 Å². The van der Waals surface area contributed by atoms with Crippen molar-refractivity contribution in [2.45, 2.75) is 206 Å². The Balaban J connectivity index is 0. The number of unbranched alkanes of at least 4 members (excludes halogenated alkanes) is 24. The van der Waals surface area contributed by atoms with Crippen LogP contribution in [-0.4, -0.2) is 59.9 Å². The van der Waals surface area contributed by atoms with Gasteiger partial charge in [-0.3, -0.25) is 18.6 Å². The summed E-state index contributed by atoms with van der Waals surface area (Å²) in [5.74, 6) is -2.94. The summed E-state index contributed by atoms with van der Waals surface area (Å²) in [7, 11) is -4.97. The van der Waals surface area contributed by atoms with Gasteiger partial charge < -0.3 is 29.4 Å². The number of aliphatic hydroxyl groups excluding tert-OH is 1. The third-order valence-electron chi connectivity index (χ3n) is 8.81. The monoisotopic (exact) mass is 758 g/mol. The zero-order chi connectivity index (χ0) is 37.1. The first-order chi connectivity index (χ1) is 24.1. The molecule has 0 aromatic heterocycles. The van der Waals surface area contributed by atoms with Crippen molar-refractivity contribution in [3.63, 3.8) is 0 Å². The van der Waals surface area contributed by atoms with Crippen LogP contribution in [0.4, 0.5) is 0 Å². The van der Waals surface area contributed by atoms with Crippen LogP contribution in [0.2, 0.25) is 0 Å². The Labute approximate surface area is 332 Å². The number of phosphoric ester groups is 1. The van der Waals surface area contributed by atoms with Gasteiger partial charge in [0.1, 0.15) is 12.7 Å². The van der Waals surface area contributed by atoms with E-state index >= 15 is 0 Å². The van der Waals surface area contributed by atoms with E-state index < -0.39 is 57.8 Å². The van der Waals surface area contributed by atoms with E-state index in [4.69, 9.17) is 19.1 Å². The van der Waals surface area contributed by atoms with Gasteiger partial charge in [-0.25, -0.2) is 4.57 Å². The average molecular weight is 759 g/mol. The molecule has 0 spiro atoms. The summed E-state index contributed by atoms with van der Waals surface area (Å²) in [5.41, 5.74) is 0. The number of ether oxygens (including phenoxy) is 2. The van der Waals surface area contributed by atoms with E-state index in [1.165, 1.54) is 116 Å². The Morgan fingerprint density at radius 3 is 1.29 bits per heavy atom. The second kappa shape index (κ2) is 37.8. The molecule has 0 aliphatic carbocycles. The molecule has 3 atom stereocenters. The van der Waals surface area contributed by atoms with Crippen LogP contribution in [-0.2, 0) is 37.5 Å². The number of esters is 2. The maximum absolute atomic E-state index is 12.5. The fraction of sp³-hybridized carbons (Fsp3) is 0.921. The number of hydrogen-bond donors (Lipinski definition) is 2. The van der Waals surface area contributed by atoms with Gasteiger partial charge in [-0.15, -0.1) is 0 Å². The number of carboxylic acids is 1. The molecular weight excluding hydrogens is 686 g/mol. The Morgan fingerprint density at radius 1 is 0.588 bits per heavy atom. The minimum absolute atomic E-state index is 0. The summed E-state index contributed by atoms with van der Waals surface area (Å²) in [5, 5.41) is 20.0. The molecule has 2 unspecified atom stereocenters. The van der Waals surface area contributed by atoms with Crippen LogP contribution in [0, 0.1) is 0 Å². The van der Waals surface area contributed by atoms with Gasteiger partial charge >= 0.3 is 49.3 Å². The fourth-order valence-electron chi connectivity index (χ4n) is 5.71. The molecule has 11 nitrogen and oxygen atoms in total. The molecule has 0 radical (unpaired) electrons. The molecule has 2 N–H and O–H groups in total.